The summed E-state index contributed by atoms with van der Waals surface area (Å²) in [5, 5.41) is 2.30. The van der Waals surface area contributed by atoms with Gasteiger partial charge in [-0.25, -0.2) is 0 Å². The number of benzene rings is 3. The summed E-state index contributed by atoms with van der Waals surface area (Å²) in [6, 6.07) is 26.0. The normalized spacial score (nSPS) is 14.2. The van der Waals surface area contributed by atoms with Crippen LogP contribution in [-0.4, -0.2) is 11.3 Å². The van der Waals surface area contributed by atoms with Crippen molar-refractivity contribution in [2.24, 2.45) is 0 Å². The van der Waals surface area contributed by atoms with Gasteiger partial charge in [0.2, 0.25) is 0 Å². The van der Waals surface area contributed by atoms with E-state index in [1.807, 2.05) is 47.2 Å². The van der Waals surface area contributed by atoms with Gasteiger partial charge in [0.15, 0.2) is 0 Å². The van der Waals surface area contributed by atoms with Gasteiger partial charge in [0.1, 0.15) is 12.2 Å². The van der Waals surface area contributed by atoms with Gasteiger partial charge in [-0.2, -0.15) is 0 Å². The molecule has 0 unspecified atom stereocenters. The van der Waals surface area contributed by atoms with Crippen LogP contribution in [0.5, 0.6) is 0 Å². The van der Waals surface area contributed by atoms with E-state index in [4.69, 9.17) is 4.42 Å². The molecule has 0 radical (unpaired) electrons. The molecule has 0 saturated carbocycles. The summed E-state index contributed by atoms with van der Waals surface area (Å²) in [5.41, 5.74) is 5.26. The minimum atomic E-state index is 0.913. The number of nitrogens with zero attached hydrogens (tertiary/aromatic N) is 1. The molecule has 0 bridgehead atoms. The lowest BCUT2D eigenvalue weighted by Crippen LogP contribution is -2.14. The first kappa shape index (κ1) is 14.8. The highest BCUT2D eigenvalue weighted by Gasteiger charge is 2.17. The molecule has 2 heteroatoms. The van der Waals surface area contributed by atoms with Crippen LogP contribution in [0.15, 0.2) is 95.6 Å². The van der Waals surface area contributed by atoms with Crippen LogP contribution < -0.4 is 0 Å². The van der Waals surface area contributed by atoms with Crippen molar-refractivity contribution in [3.05, 3.63) is 108 Å². The molecule has 3 aromatic carbocycles. The van der Waals surface area contributed by atoms with E-state index < -0.39 is 0 Å². The molecule has 0 atom stereocenters. The fraction of sp³-hybridized carbons (Fsp3) is 0. The molecule has 0 spiro atoms. The van der Waals surface area contributed by atoms with Crippen LogP contribution in [0.3, 0.4) is 0 Å². The summed E-state index contributed by atoms with van der Waals surface area (Å²) in [5.74, 6) is 0. The van der Waals surface area contributed by atoms with Gasteiger partial charge in [0.05, 0.1) is 6.72 Å². The zero-order valence-electron chi connectivity index (χ0n) is 14.2. The molecule has 5 rings (SSSR count). The van der Waals surface area contributed by atoms with E-state index in [-0.39, 0.29) is 0 Å². The van der Waals surface area contributed by atoms with Crippen molar-refractivity contribution in [3.63, 3.8) is 0 Å². The molecule has 1 aliphatic rings. The fourth-order valence-corrected chi connectivity index (χ4v) is 3.47. The average molecular weight is 335 g/mol. The van der Waals surface area contributed by atoms with Gasteiger partial charge in [-0.1, -0.05) is 48.0 Å². The Labute approximate surface area is 152 Å². The minimum absolute atomic E-state index is 0.913. The third kappa shape index (κ3) is 2.35. The van der Waals surface area contributed by atoms with E-state index in [0.29, 0.717) is 0 Å². The average Bonchev–Trinajstić information content (AvgIpc) is 3.07. The van der Waals surface area contributed by atoms with Crippen molar-refractivity contribution < 1.29 is 8.99 Å². The zero-order chi connectivity index (χ0) is 17.5. The Morgan fingerprint density at radius 1 is 0.885 bits per heavy atom. The van der Waals surface area contributed by atoms with Gasteiger partial charge in [0.25, 0.3) is 11.2 Å². The zero-order valence-corrected chi connectivity index (χ0v) is 14.2. The Morgan fingerprint density at radius 2 is 1.69 bits per heavy atom. The molecule has 4 aromatic rings. The number of fused-ring (bicyclic) bond motifs is 3. The highest BCUT2D eigenvalue weighted by Crippen LogP contribution is 2.33. The quantitative estimate of drug-likeness (QED) is 0.257. The highest BCUT2D eigenvalue weighted by atomic mass is 16.3. The molecule has 0 saturated heterocycles. The molecule has 26 heavy (non-hydrogen) atoms. The topological polar surface area (TPSA) is 14.3 Å². The minimum Gasteiger partial charge on any atom is -0.286 e. The summed E-state index contributed by atoms with van der Waals surface area (Å²) in [6.07, 6.45) is 6.26. The lowest BCUT2D eigenvalue weighted by atomic mass is 9.96. The molecule has 0 amide bonds. The molecule has 1 aliphatic heterocycles. The predicted octanol–water partition coefficient (Wildman–Crippen LogP) is 5.79. The largest absolute Gasteiger partial charge is 0.286 e. The van der Waals surface area contributed by atoms with Gasteiger partial charge in [-0.3, -0.25) is 8.99 Å². The number of para-hydroxylation sites is 1. The maximum Gasteiger partial charge on any atom is 0.278 e. The summed E-state index contributed by atoms with van der Waals surface area (Å²) in [6.45, 7) is 4.11. The predicted molar refractivity (Wildman–Crippen MR) is 107 cm³/mol. The van der Waals surface area contributed by atoms with Gasteiger partial charge >= 0.3 is 0 Å². The molecule has 0 aliphatic carbocycles. The van der Waals surface area contributed by atoms with Crippen LogP contribution in [0.4, 0.5) is 0 Å². The van der Waals surface area contributed by atoms with E-state index in [2.05, 4.69) is 55.3 Å². The van der Waals surface area contributed by atoms with Crippen molar-refractivity contribution in [3.8, 4) is 0 Å². The molecule has 0 fully saturated rings. The first-order valence-corrected chi connectivity index (χ1v) is 8.63. The summed E-state index contributed by atoms with van der Waals surface area (Å²) in [4.78, 5) is 0. The maximum absolute atomic E-state index is 6.04. The molecular formula is C24H17NO. The Hall–Kier alpha value is -3.52. The maximum atomic E-state index is 6.04. The van der Waals surface area contributed by atoms with Crippen molar-refractivity contribution in [2.45, 2.75) is 0 Å². The summed E-state index contributed by atoms with van der Waals surface area (Å²) in [7, 11) is 0. The Balaban J connectivity index is 1.61. The highest BCUT2D eigenvalue weighted by molar-refractivity contribution is 6.05. The summed E-state index contributed by atoms with van der Waals surface area (Å²) >= 11 is 0. The van der Waals surface area contributed by atoms with E-state index in [9.17, 15) is 0 Å². The van der Waals surface area contributed by atoms with E-state index in [0.717, 1.165) is 44.7 Å². The summed E-state index contributed by atoms with van der Waals surface area (Å²) < 4.78 is 7.94. The van der Waals surface area contributed by atoms with Crippen molar-refractivity contribution in [1.29, 1.82) is 0 Å². The number of rotatable bonds is 2. The van der Waals surface area contributed by atoms with Crippen LogP contribution in [-0.2, 0) is 0 Å². The lowest BCUT2D eigenvalue weighted by molar-refractivity contribution is -0.417. The first-order chi connectivity index (χ1) is 12.8. The lowest BCUT2D eigenvalue weighted by Gasteiger charge is -2.20. The van der Waals surface area contributed by atoms with Gasteiger partial charge in [-0.05, 0) is 28.5 Å². The van der Waals surface area contributed by atoms with E-state index in [1.165, 1.54) is 0 Å². The van der Waals surface area contributed by atoms with E-state index in [1.54, 1.807) is 0 Å². The second kappa shape index (κ2) is 5.78. The van der Waals surface area contributed by atoms with Crippen molar-refractivity contribution in [1.82, 2.24) is 0 Å². The third-order valence-corrected chi connectivity index (χ3v) is 4.82. The van der Waals surface area contributed by atoms with Crippen molar-refractivity contribution >= 4 is 34.2 Å². The molecule has 2 heterocycles. The molecule has 124 valence electrons. The van der Waals surface area contributed by atoms with Crippen molar-refractivity contribution in [2.75, 3.05) is 0 Å². The molecule has 1 aromatic heterocycles. The van der Waals surface area contributed by atoms with Crippen LogP contribution in [0.1, 0.15) is 11.1 Å². The van der Waals surface area contributed by atoms with Crippen LogP contribution in [0, 0.1) is 6.04 Å². The van der Waals surface area contributed by atoms with Crippen LogP contribution in [0.25, 0.3) is 27.5 Å². The third-order valence-electron chi connectivity index (χ3n) is 4.82. The standard InChI is InChI=1S/C24H17NO/c1-25-14-13-19(15-22(25)17-7-3-2-4-8-17)18-11-12-21-20-9-5-6-10-23(20)26-24(21)16-18/h2-16H,1H2. The van der Waals surface area contributed by atoms with Gasteiger partial charge in [0, 0.05) is 6.07 Å². The second-order valence-corrected chi connectivity index (χ2v) is 6.45. The number of hydrogen-bond donors (Lipinski definition) is 0. The first-order valence-electron chi connectivity index (χ1n) is 8.63. The monoisotopic (exact) mass is 335 g/mol. The SMILES string of the molecule is C=[N+]1C=CC(c2ccc3c4ccccc4[o+][c-]3c2)=C[C-]1c1ccccc1. The Bertz CT molecular complexity index is 1190. The number of hydrogen-bond acceptors (Lipinski definition) is 0. The van der Waals surface area contributed by atoms with E-state index >= 15 is 0 Å². The molecule has 0 N–H and O–H groups in total. The number of furan rings is 1. The van der Waals surface area contributed by atoms with Gasteiger partial charge in [-0.15, -0.1) is 29.8 Å². The Kier molecular flexibility index (Phi) is 3.29. The van der Waals surface area contributed by atoms with Gasteiger partial charge < -0.3 is 0 Å². The smallest absolute Gasteiger partial charge is 0.278 e. The number of allylic oxidation sites excluding steroid dienone is 2. The second-order valence-electron chi connectivity index (χ2n) is 6.45. The Morgan fingerprint density at radius 3 is 2.58 bits per heavy atom. The fourth-order valence-electron chi connectivity index (χ4n) is 3.47. The molecule has 2 nitrogen and oxygen atoms in total. The van der Waals surface area contributed by atoms with Crippen LogP contribution >= 0.6 is 0 Å². The van der Waals surface area contributed by atoms with Crippen LogP contribution in [0.2, 0.25) is 0 Å². The molecular weight excluding hydrogens is 318 g/mol.